The third kappa shape index (κ3) is 4.85. The number of imidazole rings is 1. The number of ether oxygens (including phenoxy) is 1. The van der Waals surface area contributed by atoms with E-state index in [4.69, 9.17) is 4.74 Å². The van der Waals surface area contributed by atoms with Crippen molar-refractivity contribution in [3.63, 3.8) is 0 Å². The Morgan fingerprint density at radius 3 is 2.56 bits per heavy atom. The van der Waals surface area contributed by atoms with Gasteiger partial charge in [0, 0.05) is 49.9 Å². The quantitative estimate of drug-likeness (QED) is 0.570. The molecule has 2 aromatic carbocycles. The molecule has 178 valence electrons. The Labute approximate surface area is 200 Å². The van der Waals surface area contributed by atoms with Crippen LogP contribution in [0.4, 0.5) is 9.18 Å². The molecule has 0 spiro atoms. The minimum Gasteiger partial charge on any atom is -0.378 e. The Morgan fingerprint density at radius 1 is 1.06 bits per heavy atom. The first-order chi connectivity index (χ1) is 16.6. The lowest BCUT2D eigenvalue weighted by Crippen LogP contribution is -2.52. The van der Waals surface area contributed by atoms with Gasteiger partial charge in [-0.05, 0) is 42.2 Å². The number of carbonyl (C=O) groups excluding carboxylic acids is 1. The van der Waals surface area contributed by atoms with Crippen LogP contribution in [0.15, 0.2) is 61.1 Å². The molecule has 0 N–H and O–H groups in total. The smallest absolute Gasteiger partial charge is 0.320 e. The molecule has 1 aromatic heterocycles. The number of nitrogens with zero attached hydrogens (tertiary/aromatic N) is 4. The first-order valence-electron chi connectivity index (χ1n) is 12.1. The van der Waals surface area contributed by atoms with Gasteiger partial charge in [-0.15, -0.1) is 0 Å². The Balaban J connectivity index is 1.41. The zero-order chi connectivity index (χ0) is 23.5. The molecule has 3 heterocycles. The second-order valence-corrected chi connectivity index (χ2v) is 9.20. The SMILES string of the molecule is CCc1ccc(C2CC(c3cn(-c4cccc(F)c4)cn3)CN(C(=O)N3CCOCC3)C2)cc1. The lowest BCUT2D eigenvalue weighted by atomic mass is 9.83. The molecule has 2 saturated heterocycles. The van der Waals surface area contributed by atoms with E-state index in [1.807, 2.05) is 26.6 Å². The predicted octanol–water partition coefficient (Wildman–Crippen LogP) is 4.60. The number of urea groups is 1. The van der Waals surface area contributed by atoms with Gasteiger partial charge in [0.25, 0.3) is 0 Å². The van der Waals surface area contributed by atoms with Gasteiger partial charge in [0.05, 0.1) is 25.2 Å². The maximum absolute atomic E-state index is 13.7. The molecule has 3 aromatic rings. The highest BCUT2D eigenvalue weighted by Gasteiger charge is 2.35. The zero-order valence-electron chi connectivity index (χ0n) is 19.6. The van der Waals surface area contributed by atoms with Crippen LogP contribution in [0.5, 0.6) is 0 Å². The van der Waals surface area contributed by atoms with Crippen LogP contribution in [-0.4, -0.2) is 64.8 Å². The minimum absolute atomic E-state index is 0.0766. The first kappa shape index (κ1) is 22.6. The number of morpholine rings is 1. The summed E-state index contributed by atoms with van der Waals surface area (Å²) in [5.74, 6) is 0.0571. The second kappa shape index (κ2) is 9.97. The lowest BCUT2D eigenvalue weighted by molar-refractivity contribution is 0.0398. The fourth-order valence-electron chi connectivity index (χ4n) is 5.02. The first-order valence-corrected chi connectivity index (χ1v) is 12.1. The van der Waals surface area contributed by atoms with Crippen LogP contribution in [0.1, 0.15) is 42.0 Å². The maximum Gasteiger partial charge on any atom is 0.320 e. The van der Waals surface area contributed by atoms with Crippen molar-refractivity contribution in [2.75, 3.05) is 39.4 Å². The van der Waals surface area contributed by atoms with Gasteiger partial charge in [0.1, 0.15) is 5.82 Å². The van der Waals surface area contributed by atoms with E-state index in [2.05, 4.69) is 36.2 Å². The average Bonchev–Trinajstić information content (AvgIpc) is 3.39. The summed E-state index contributed by atoms with van der Waals surface area (Å²) >= 11 is 0. The van der Waals surface area contributed by atoms with Gasteiger partial charge in [-0.2, -0.15) is 0 Å². The molecule has 0 bridgehead atoms. The largest absolute Gasteiger partial charge is 0.378 e. The molecule has 0 saturated carbocycles. The molecule has 2 unspecified atom stereocenters. The Hall–Kier alpha value is -3.19. The Kier molecular flexibility index (Phi) is 6.63. The summed E-state index contributed by atoms with van der Waals surface area (Å²) in [5.41, 5.74) is 4.24. The minimum atomic E-state index is -0.275. The molecule has 7 heteroatoms. The summed E-state index contributed by atoms with van der Waals surface area (Å²) in [6, 6.07) is 15.4. The number of likely N-dealkylation sites (tertiary alicyclic amines) is 1. The molecule has 34 heavy (non-hydrogen) atoms. The van der Waals surface area contributed by atoms with Crippen molar-refractivity contribution >= 4 is 6.03 Å². The fraction of sp³-hybridized carbons (Fsp3) is 0.407. The van der Waals surface area contributed by atoms with Crippen molar-refractivity contribution in [3.8, 4) is 5.69 Å². The molecular weight excluding hydrogens is 431 g/mol. The van der Waals surface area contributed by atoms with Crippen LogP contribution in [0.2, 0.25) is 0 Å². The lowest BCUT2D eigenvalue weighted by Gasteiger charge is -2.40. The van der Waals surface area contributed by atoms with E-state index in [1.54, 1.807) is 12.4 Å². The van der Waals surface area contributed by atoms with Gasteiger partial charge in [0.2, 0.25) is 0 Å². The van der Waals surface area contributed by atoms with Crippen LogP contribution in [0, 0.1) is 5.82 Å². The molecule has 2 aliphatic heterocycles. The summed E-state index contributed by atoms with van der Waals surface area (Å²) in [6.45, 7) is 5.91. The van der Waals surface area contributed by atoms with E-state index >= 15 is 0 Å². The van der Waals surface area contributed by atoms with Crippen LogP contribution >= 0.6 is 0 Å². The number of hydrogen-bond acceptors (Lipinski definition) is 3. The molecular formula is C27H31FN4O2. The van der Waals surface area contributed by atoms with E-state index in [9.17, 15) is 9.18 Å². The zero-order valence-corrected chi connectivity index (χ0v) is 19.6. The number of amides is 2. The standard InChI is InChI=1S/C27H31FN4O2/c1-2-20-6-8-21(9-7-20)22-14-23(17-31(16-22)27(33)30-10-12-34-13-11-30)26-18-32(19-29-26)25-5-3-4-24(28)15-25/h3-9,15,18-19,22-23H,2,10-14,16-17H2,1H3. The highest BCUT2D eigenvalue weighted by atomic mass is 19.1. The van der Waals surface area contributed by atoms with E-state index in [1.165, 1.54) is 23.3 Å². The number of aromatic nitrogens is 2. The van der Waals surface area contributed by atoms with Crippen molar-refractivity contribution < 1.29 is 13.9 Å². The van der Waals surface area contributed by atoms with E-state index < -0.39 is 0 Å². The van der Waals surface area contributed by atoms with Crippen LogP contribution in [0.3, 0.4) is 0 Å². The fourth-order valence-corrected chi connectivity index (χ4v) is 5.02. The number of aryl methyl sites for hydroxylation is 1. The van der Waals surface area contributed by atoms with Crippen LogP contribution < -0.4 is 0 Å². The Bertz CT molecular complexity index is 1120. The monoisotopic (exact) mass is 462 g/mol. The number of halogens is 1. The molecule has 2 atom stereocenters. The van der Waals surface area contributed by atoms with Gasteiger partial charge in [-0.1, -0.05) is 37.3 Å². The highest BCUT2D eigenvalue weighted by molar-refractivity contribution is 5.75. The van der Waals surface area contributed by atoms with Gasteiger partial charge in [0.15, 0.2) is 0 Å². The van der Waals surface area contributed by atoms with Gasteiger partial charge < -0.3 is 19.1 Å². The third-order valence-electron chi connectivity index (χ3n) is 6.99. The molecule has 2 fully saturated rings. The highest BCUT2D eigenvalue weighted by Crippen LogP contribution is 2.36. The van der Waals surface area contributed by atoms with Crippen LogP contribution in [-0.2, 0) is 11.2 Å². The van der Waals surface area contributed by atoms with Crippen molar-refractivity contribution in [2.45, 2.75) is 31.6 Å². The molecule has 2 aliphatic rings. The van der Waals surface area contributed by atoms with Crippen molar-refractivity contribution in [1.82, 2.24) is 19.4 Å². The van der Waals surface area contributed by atoms with Gasteiger partial charge >= 0.3 is 6.03 Å². The topological polar surface area (TPSA) is 50.6 Å². The number of piperidine rings is 1. The van der Waals surface area contributed by atoms with E-state index in [-0.39, 0.29) is 23.7 Å². The summed E-state index contributed by atoms with van der Waals surface area (Å²) in [7, 11) is 0. The van der Waals surface area contributed by atoms with Crippen molar-refractivity contribution in [3.05, 3.63) is 83.7 Å². The van der Waals surface area contributed by atoms with Crippen LogP contribution in [0.25, 0.3) is 5.69 Å². The summed E-state index contributed by atoms with van der Waals surface area (Å²) in [6.07, 6.45) is 5.63. The van der Waals surface area contributed by atoms with Crippen molar-refractivity contribution in [1.29, 1.82) is 0 Å². The maximum atomic E-state index is 13.7. The molecule has 5 rings (SSSR count). The molecule has 0 radical (unpaired) electrons. The molecule has 2 amide bonds. The summed E-state index contributed by atoms with van der Waals surface area (Å²) in [4.78, 5) is 22.0. The molecule has 0 aliphatic carbocycles. The number of rotatable bonds is 4. The summed E-state index contributed by atoms with van der Waals surface area (Å²) < 4.78 is 21.0. The number of hydrogen-bond donors (Lipinski definition) is 0. The summed E-state index contributed by atoms with van der Waals surface area (Å²) in [5, 5.41) is 0. The Morgan fingerprint density at radius 2 is 1.82 bits per heavy atom. The number of benzene rings is 2. The van der Waals surface area contributed by atoms with Crippen molar-refractivity contribution in [2.24, 2.45) is 0 Å². The molecule has 6 nitrogen and oxygen atoms in total. The van der Waals surface area contributed by atoms with E-state index in [0.29, 0.717) is 39.4 Å². The average molecular weight is 463 g/mol. The number of carbonyl (C=O) groups is 1. The normalized spacial score (nSPS) is 21.0. The second-order valence-electron chi connectivity index (χ2n) is 9.20. The van der Waals surface area contributed by atoms with E-state index in [0.717, 1.165) is 24.2 Å². The van der Waals surface area contributed by atoms with Gasteiger partial charge in [-0.25, -0.2) is 14.2 Å². The predicted molar refractivity (Wildman–Crippen MR) is 129 cm³/mol. The van der Waals surface area contributed by atoms with Gasteiger partial charge in [-0.3, -0.25) is 0 Å². The third-order valence-corrected chi connectivity index (χ3v) is 6.99.